The van der Waals surface area contributed by atoms with E-state index in [9.17, 15) is 0 Å². The zero-order valence-electron chi connectivity index (χ0n) is 9.58. The van der Waals surface area contributed by atoms with E-state index in [0.717, 1.165) is 28.0 Å². The minimum absolute atomic E-state index is 0.837. The van der Waals surface area contributed by atoms with Gasteiger partial charge in [0.05, 0.1) is 0 Å². The lowest BCUT2D eigenvalue weighted by atomic mass is 10.0. The molecular formula is C14H13BrClN. The Kier molecular flexibility index (Phi) is 4.19. The minimum Gasteiger partial charge on any atom is -0.261 e. The minimum atomic E-state index is 0.837. The van der Waals surface area contributed by atoms with Crippen molar-refractivity contribution < 1.29 is 0 Å². The Morgan fingerprint density at radius 1 is 1.24 bits per heavy atom. The van der Waals surface area contributed by atoms with Crippen molar-refractivity contribution in [3.05, 3.63) is 62.8 Å². The molecule has 2 rings (SSSR count). The van der Waals surface area contributed by atoms with Crippen molar-refractivity contribution in [3.63, 3.8) is 0 Å². The van der Waals surface area contributed by atoms with Gasteiger partial charge in [0.2, 0.25) is 0 Å². The number of pyridine rings is 1. The van der Waals surface area contributed by atoms with Crippen LogP contribution in [0.15, 0.2) is 41.0 Å². The molecule has 0 radical (unpaired) electrons. The molecule has 0 bridgehead atoms. The Hall–Kier alpha value is -0.860. The normalized spacial score (nSPS) is 10.5. The molecule has 0 aliphatic rings. The van der Waals surface area contributed by atoms with Gasteiger partial charge in [0.25, 0.3) is 0 Å². The molecule has 0 aliphatic heterocycles. The first-order chi connectivity index (χ1) is 8.19. The summed E-state index contributed by atoms with van der Waals surface area (Å²) >= 11 is 9.56. The summed E-state index contributed by atoms with van der Waals surface area (Å²) in [6.45, 7) is 2.11. The van der Waals surface area contributed by atoms with Crippen LogP contribution in [-0.4, -0.2) is 4.98 Å². The van der Waals surface area contributed by atoms with Crippen LogP contribution in [-0.2, 0) is 12.8 Å². The second kappa shape index (κ2) is 5.65. The molecule has 0 fully saturated rings. The van der Waals surface area contributed by atoms with Gasteiger partial charge in [0, 0.05) is 27.8 Å². The van der Waals surface area contributed by atoms with Crippen LogP contribution in [0, 0.1) is 0 Å². The maximum atomic E-state index is 6.10. The molecule has 1 nitrogen and oxygen atoms in total. The number of hydrogen-bond donors (Lipinski definition) is 0. The van der Waals surface area contributed by atoms with E-state index < -0.39 is 0 Å². The molecule has 1 aromatic heterocycles. The van der Waals surface area contributed by atoms with Crippen LogP contribution in [0.25, 0.3) is 0 Å². The largest absolute Gasteiger partial charge is 0.261 e. The van der Waals surface area contributed by atoms with Gasteiger partial charge >= 0.3 is 0 Å². The predicted molar refractivity (Wildman–Crippen MR) is 75.6 cm³/mol. The summed E-state index contributed by atoms with van der Waals surface area (Å²) in [5, 5.41) is 0.846. The van der Waals surface area contributed by atoms with E-state index in [2.05, 4.69) is 40.0 Å². The van der Waals surface area contributed by atoms with Crippen LogP contribution in [0.3, 0.4) is 0 Å². The fourth-order valence-corrected chi connectivity index (χ4v) is 2.40. The number of halogens is 2. The molecule has 0 amide bonds. The van der Waals surface area contributed by atoms with Gasteiger partial charge in [-0.25, -0.2) is 0 Å². The van der Waals surface area contributed by atoms with Gasteiger partial charge in [-0.3, -0.25) is 4.98 Å². The van der Waals surface area contributed by atoms with Gasteiger partial charge in [-0.15, -0.1) is 0 Å². The molecule has 0 saturated carbocycles. The van der Waals surface area contributed by atoms with Crippen molar-refractivity contribution in [1.29, 1.82) is 0 Å². The number of aryl methyl sites for hydroxylation is 1. The first-order valence-electron chi connectivity index (χ1n) is 5.56. The van der Waals surface area contributed by atoms with Crippen LogP contribution in [0.1, 0.15) is 23.7 Å². The van der Waals surface area contributed by atoms with Crippen molar-refractivity contribution in [2.75, 3.05) is 0 Å². The fraction of sp³-hybridized carbons (Fsp3) is 0.214. The maximum absolute atomic E-state index is 6.10. The Balaban J connectivity index is 2.24. The second-order valence-electron chi connectivity index (χ2n) is 3.92. The lowest BCUT2D eigenvalue weighted by molar-refractivity contribution is 1.05. The van der Waals surface area contributed by atoms with Gasteiger partial charge in [-0.2, -0.15) is 0 Å². The molecule has 0 unspecified atom stereocenters. The van der Waals surface area contributed by atoms with E-state index in [1.165, 1.54) is 11.1 Å². The zero-order chi connectivity index (χ0) is 12.3. The lowest BCUT2D eigenvalue weighted by Gasteiger charge is -2.06. The quantitative estimate of drug-likeness (QED) is 0.804. The highest BCUT2D eigenvalue weighted by molar-refractivity contribution is 9.10. The molecule has 0 aliphatic carbocycles. The van der Waals surface area contributed by atoms with E-state index in [4.69, 9.17) is 11.6 Å². The molecule has 0 saturated heterocycles. The van der Waals surface area contributed by atoms with Crippen LogP contribution < -0.4 is 0 Å². The van der Waals surface area contributed by atoms with Crippen molar-refractivity contribution in [2.24, 2.45) is 0 Å². The average Bonchev–Trinajstić information content (AvgIpc) is 2.32. The van der Waals surface area contributed by atoms with Crippen molar-refractivity contribution in [1.82, 2.24) is 4.98 Å². The Labute approximate surface area is 115 Å². The standard InChI is InChI=1S/C14H13BrClN/c1-2-11-7-10(3-4-14(11)16)8-13-9-12(15)5-6-17-13/h3-7,9H,2,8H2,1H3. The summed E-state index contributed by atoms with van der Waals surface area (Å²) in [6, 6.07) is 10.2. The second-order valence-corrected chi connectivity index (χ2v) is 5.24. The summed E-state index contributed by atoms with van der Waals surface area (Å²) in [7, 11) is 0. The van der Waals surface area contributed by atoms with E-state index in [-0.39, 0.29) is 0 Å². The van der Waals surface area contributed by atoms with Gasteiger partial charge in [0.1, 0.15) is 0 Å². The summed E-state index contributed by atoms with van der Waals surface area (Å²) in [6.07, 6.45) is 3.61. The molecule has 3 heteroatoms. The number of aromatic nitrogens is 1. The highest BCUT2D eigenvalue weighted by atomic mass is 79.9. The van der Waals surface area contributed by atoms with Crippen molar-refractivity contribution >= 4 is 27.5 Å². The third-order valence-corrected chi connectivity index (χ3v) is 3.52. The summed E-state index contributed by atoms with van der Waals surface area (Å²) in [4.78, 5) is 4.35. The summed E-state index contributed by atoms with van der Waals surface area (Å²) < 4.78 is 1.06. The fourth-order valence-electron chi connectivity index (χ4n) is 1.76. The molecule has 0 spiro atoms. The molecule has 0 atom stereocenters. The molecule has 2 aromatic rings. The smallest absolute Gasteiger partial charge is 0.0458 e. The van der Waals surface area contributed by atoms with Crippen LogP contribution in [0.4, 0.5) is 0 Å². The van der Waals surface area contributed by atoms with Gasteiger partial charge in [-0.05, 0) is 35.7 Å². The van der Waals surface area contributed by atoms with E-state index in [1.54, 1.807) is 0 Å². The average molecular weight is 311 g/mol. The van der Waals surface area contributed by atoms with Crippen LogP contribution in [0.2, 0.25) is 5.02 Å². The summed E-state index contributed by atoms with van der Waals surface area (Å²) in [5.41, 5.74) is 3.50. The van der Waals surface area contributed by atoms with Gasteiger partial charge in [0.15, 0.2) is 0 Å². The first kappa shape index (κ1) is 12.6. The molecule has 0 N–H and O–H groups in total. The van der Waals surface area contributed by atoms with Gasteiger partial charge in [-0.1, -0.05) is 46.6 Å². The highest BCUT2D eigenvalue weighted by Crippen LogP contribution is 2.20. The molecule has 17 heavy (non-hydrogen) atoms. The predicted octanol–water partition coefficient (Wildman–Crippen LogP) is 4.65. The topological polar surface area (TPSA) is 12.9 Å². The third kappa shape index (κ3) is 3.30. The van der Waals surface area contributed by atoms with Crippen molar-refractivity contribution in [2.45, 2.75) is 19.8 Å². The SMILES string of the molecule is CCc1cc(Cc2cc(Br)ccn2)ccc1Cl. The Bertz CT molecular complexity index is 525. The molecule has 88 valence electrons. The van der Waals surface area contributed by atoms with E-state index in [0.29, 0.717) is 0 Å². The van der Waals surface area contributed by atoms with Crippen LogP contribution in [0.5, 0.6) is 0 Å². The number of benzene rings is 1. The molecule has 1 aromatic carbocycles. The Morgan fingerprint density at radius 2 is 2.06 bits per heavy atom. The maximum Gasteiger partial charge on any atom is 0.0458 e. The van der Waals surface area contributed by atoms with Crippen molar-refractivity contribution in [3.8, 4) is 0 Å². The van der Waals surface area contributed by atoms with E-state index >= 15 is 0 Å². The zero-order valence-corrected chi connectivity index (χ0v) is 11.9. The molecule has 1 heterocycles. The highest BCUT2D eigenvalue weighted by Gasteiger charge is 2.02. The van der Waals surface area contributed by atoms with Crippen LogP contribution >= 0.6 is 27.5 Å². The molecular weight excluding hydrogens is 298 g/mol. The number of nitrogens with zero attached hydrogens (tertiary/aromatic N) is 1. The monoisotopic (exact) mass is 309 g/mol. The van der Waals surface area contributed by atoms with E-state index in [1.807, 2.05) is 24.4 Å². The number of hydrogen-bond acceptors (Lipinski definition) is 1. The summed E-state index contributed by atoms with van der Waals surface area (Å²) in [5.74, 6) is 0. The number of rotatable bonds is 3. The Morgan fingerprint density at radius 3 is 2.76 bits per heavy atom. The third-order valence-electron chi connectivity index (χ3n) is 2.65. The lowest BCUT2D eigenvalue weighted by Crippen LogP contribution is -1.93. The first-order valence-corrected chi connectivity index (χ1v) is 6.74. The van der Waals surface area contributed by atoms with Gasteiger partial charge < -0.3 is 0 Å².